The van der Waals surface area contributed by atoms with Gasteiger partial charge in [0.25, 0.3) is 0 Å². The molecule has 4 nitrogen and oxygen atoms in total. The first kappa shape index (κ1) is 15.2. The number of rotatable bonds is 5. The number of nitrogens with zero attached hydrogens (tertiary/aromatic N) is 1. The van der Waals surface area contributed by atoms with Crippen LogP contribution in [-0.4, -0.2) is 28.4 Å². The molecule has 0 fully saturated rings. The Kier molecular flexibility index (Phi) is 5.10. The van der Waals surface area contributed by atoms with Gasteiger partial charge in [-0.05, 0) is 31.4 Å². The Morgan fingerprint density at radius 2 is 1.95 bits per heavy atom. The SMILES string of the molecule is CCCN(C(C)=O)C(C(=O)O)c1ccc(C)cc1C. The summed E-state index contributed by atoms with van der Waals surface area (Å²) in [6.07, 6.45) is 0.730. The van der Waals surface area contributed by atoms with E-state index in [-0.39, 0.29) is 5.91 Å². The lowest BCUT2D eigenvalue weighted by atomic mass is 9.98. The standard InChI is InChI=1S/C15H21NO3/c1-5-8-16(12(4)17)14(15(18)19)13-7-6-10(2)9-11(13)3/h6-7,9,14H,5,8H2,1-4H3,(H,18,19). The molecule has 1 rings (SSSR count). The second-order valence-electron chi connectivity index (χ2n) is 4.81. The summed E-state index contributed by atoms with van der Waals surface area (Å²) >= 11 is 0. The minimum absolute atomic E-state index is 0.214. The molecule has 0 aliphatic rings. The van der Waals surface area contributed by atoms with Crippen molar-refractivity contribution < 1.29 is 14.7 Å². The number of carbonyl (C=O) groups excluding carboxylic acids is 1. The Bertz CT molecular complexity index is 482. The maximum atomic E-state index is 11.7. The predicted octanol–water partition coefficient (Wildman–Crippen LogP) is 2.69. The van der Waals surface area contributed by atoms with Gasteiger partial charge in [-0.3, -0.25) is 4.79 Å². The Balaban J connectivity index is 3.26. The summed E-state index contributed by atoms with van der Waals surface area (Å²) in [5.74, 6) is -1.20. The van der Waals surface area contributed by atoms with E-state index in [1.807, 2.05) is 32.9 Å². The summed E-state index contributed by atoms with van der Waals surface area (Å²) in [5.41, 5.74) is 2.66. The van der Waals surface area contributed by atoms with Gasteiger partial charge >= 0.3 is 5.97 Å². The van der Waals surface area contributed by atoms with Crippen molar-refractivity contribution >= 4 is 11.9 Å². The zero-order valence-electron chi connectivity index (χ0n) is 11.9. The van der Waals surface area contributed by atoms with Gasteiger partial charge in [0.1, 0.15) is 0 Å². The summed E-state index contributed by atoms with van der Waals surface area (Å²) in [5, 5.41) is 9.47. The minimum atomic E-state index is -0.990. The van der Waals surface area contributed by atoms with Crippen LogP contribution in [-0.2, 0) is 9.59 Å². The van der Waals surface area contributed by atoms with Crippen molar-refractivity contribution in [3.05, 3.63) is 34.9 Å². The highest BCUT2D eigenvalue weighted by atomic mass is 16.4. The first-order chi connectivity index (χ1) is 8.88. The summed E-state index contributed by atoms with van der Waals surface area (Å²) in [6.45, 7) is 7.62. The summed E-state index contributed by atoms with van der Waals surface area (Å²) in [7, 11) is 0. The van der Waals surface area contributed by atoms with Crippen LogP contribution >= 0.6 is 0 Å². The van der Waals surface area contributed by atoms with E-state index in [4.69, 9.17) is 0 Å². The van der Waals surface area contributed by atoms with Crippen LogP contribution < -0.4 is 0 Å². The van der Waals surface area contributed by atoms with Crippen LogP contribution in [0.2, 0.25) is 0 Å². The Labute approximate surface area is 114 Å². The van der Waals surface area contributed by atoms with Crippen molar-refractivity contribution in [2.24, 2.45) is 0 Å². The number of hydrogen-bond donors (Lipinski definition) is 1. The van der Waals surface area contributed by atoms with Crippen molar-refractivity contribution in [2.45, 2.75) is 40.2 Å². The van der Waals surface area contributed by atoms with Crippen molar-refractivity contribution in [1.29, 1.82) is 0 Å². The molecule has 0 saturated heterocycles. The number of benzene rings is 1. The third-order valence-electron chi connectivity index (χ3n) is 3.13. The smallest absolute Gasteiger partial charge is 0.331 e. The monoisotopic (exact) mass is 263 g/mol. The molecule has 0 spiro atoms. The Hall–Kier alpha value is -1.84. The fourth-order valence-corrected chi connectivity index (χ4v) is 2.28. The number of carboxylic acid groups (broad SMARTS) is 1. The average molecular weight is 263 g/mol. The molecule has 0 aromatic heterocycles. The third kappa shape index (κ3) is 3.56. The van der Waals surface area contributed by atoms with Crippen LogP contribution in [0.3, 0.4) is 0 Å². The molecule has 1 amide bonds. The Morgan fingerprint density at radius 1 is 1.32 bits per heavy atom. The molecule has 0 aliphatic carbocycles. The van der Waals surface area contributed by atoms with Gasteiger partial charge in [-0.1, -0.05) is 30.7 Å². The van der Waals surface area contributed by atoms with Crippen molar-refractivity contribution in [2.75, 3.05) is 6.54 Å². The summed E-state index contributed by atoms with van der Waals surface area (Å²) in [4.78, 5) is 24.7. The number of hydrogen-bond acceptors (Lipinski definition) is 2. The molecule has 4 heteroatoms. The lowest BCUT2D eigenvalue weighted by molar-refractivity contribution is -0.149. The third-order valence-corrected chi connectivity index (χ3v) is 3.13. The van der Waals surface area contributed by atoms with Crippen molar-refractivity contribution in [1.82, 2.24) is 4.90 Å². The van der Waals surface area contributed by atoms with Crippen LogP contribution in [0.4, 0.5) is 0 Å². The fourth-order valence-electron chi connectivity index (χ4n) is 2.28. The van der Waals surface area contributed by atoms with E-state index in [1.165, 1.54) is 11.8 Å². The zero-order valence-corrected chi connectivity index (χ0v) is 11.9. The molecule has 0 bridgehead atoms. The molecule has 0 aliphatic heterocycles. The van der Waals surface area contributed by atoms with E-state index in [0.717, 1.165) is 17.5 Å². The first-order valence-electron chi connectivity index (χ1n) is 6.45. The molecule has 1 aromatic rings. The molecule has 0 heterocycles. The second-order valence-corrected chi connectivity index (χ2v) is 4.81. The highest BCUT2D eigenvalue weighted by Gasteiger charge is 2.29. The quantitative estimate of drug-likeness (QED) is 0.888. The van der Waals surface area contributed by atoms with Crippen LogP contribution in [0.1, 0.15) is 43.0 Å². The summed E-state index contributed by atoms with van der Waals surface area (Å²) < 4.78 is 0. The van der Waals surface area contributed by atoms with E-state index >= 15 is 0 Å². The average Bonchev–Trinajstić information content (AvgIpc) is 2.30. The molecule has 19 heavy (non-hydrogen) atoms. The van der Waals surface area contributed by atoms with Crippen LogP contribution in [0.25, 0.3) is 0 Å². The number of carbonyl (C=O) groups is 2. The molecule has 1 aromatic carbocycles. The van der Waals surface area contributed by atoms with Gasteiger partial charge in [-0.15, -0.1) is 0 Å². The molecular weight excluding hydrogens is 242 g/mol. The normalized spacial score (nSPS) is 12.0. The maximum absolute atomic E-state index is 11.7. The molecule has 0 radical (unpaired) electrons. The number of carboxylic acids is 1. The molecule has 1 unspecified atom stereocenters. The number of amides is 1. The topological polar surface area (TPSA) is 57.6 Å². The zero-order chi connectivity index (χ0) is 14.6. The fraction of sp³-hybridized carbons (Fsp3) is 0.467. The molecule has 104 valence electrons. The van der Waals surface area contributed by atoms with Gasteiger partial charge in [0.2, 0.25) is 5.91 Å². The largest absolute Gasteiger partial charge is 0.479 e. The molecule has 1 N–H and O–H groups in total. The van der Waals surface area contributed by atoms with Gasteiger partial charge in [0.15, 0.2) is 6.04 Å². The lowest BCUT2D eigenvalue weighted by Crippen LogP contribution is -2.38. The van der Waals surface area contributed by atoms with Crippen molar-refractivity contribution in [3.8, 4) is 0 Å². The lowest BCUT2D eigenvalue weighted by Gasteiger charge is -2.29. The minimum Gasteiger partial charge on any atom is -0.479 e. The van der Waals surface area contributed by atoms with Crippen molar-refractivity contribution in [3.63, 3.8) is 0 Å². The predicted molar refractivity (Wildman–Crippen MR) is 74.0 cm³/mol. The van der Waals surface area contributed by atoms with Crippen LogP contribution in [0, 0.1) is 13.8 Å². The highest BCUT2D eigenvalue weighted by Crippen LogP contribution is 2.25. The summed E-state index contributed by atoms with van der Waals surface area (Å²) in [6, 6.07) is 4.71. The van der Waals surface area contributed by atoms with Crippen LogP contribution in [0.15, 0.2) is 18.2 Å². The second kappa shape index (κ2) is 6.36. The van der Waals surface area contributed by atoms with Gasteiger partial charge in [-0.25, -0.2) is 4.79 Å². The molecular formula is C15H21NO3. The Morgan fingerprint density at radius 3 is 2.37 bits per heavy atom. The van der Waals surface area contributed by atoms with Gasteiger partial charge in [0, 0.05) is 13.5 Å². The number of aryl methyl sites for hydroxylation is 2. The van der Waals surface area contributed by atoms with E-state index in [1.54, 1.807) is 6.07 Å². The van der Waals surface area contributed by atoms with E-state index in [0.29, 0.717) is 12.1 Å². The van der Waals surface area contributed by atoms with Gasteiger partial charge < -0.3 is 10.0 Å². The number of aliphatic carboxylic acids is 1. The molecule has 1 atom stereocenters. The first-order valence-corrected chi connectivity index (χ1v) is 6.45. The van der Waals surface area contributed by atoms with Gasteiger partial charge in [-0.2, -0.15) is 0 Å². The van der Waals surface area contributed by atoms with E-state index in [2.05, 4.69) is 0 Å². The van der Waals surface area contributed by atoms with Gasteiger partial charge in [0.05, 0.1) is 0 Å². The van der Waals surface area contributed by atoms with E-state index < -0.39 is 12.0 Å². The van der Waals surface area contributed by atoms with E-state index in [9.17, 15) is 14.7 Å². The molecule has 0 saturated carbocycles. The maximum Gasteiger partial charge on any atom is 0.331 e. The van der Waals surface area contributed by atoms with Crippen LogP contribution in [0.5, 0.6) is 0 Å². The highest BCUT2D eigenvalue weighted by molar-refractivity contribution is 5.83.